The first-order valence-corrected chi connectivity index (χ1v) is 9.74. The number of hydrazine groups is 1. The van der Waals surface area contributed by atoms with Gasteiger partial charge in [-0.1, -0.05) is 0 Å². The van der Waals surface area contributed by atoms with Crippen molar-refractivity contribution in [3.63, 3.8) is 0 Å². The molecule has 0 unspecified atom stereocenters. The quantitative estimate of drug-likeness (QED) is 0.609. The van der Waals surface area contributed by atoms with Crippen molar-refractivity contribution in [3.05, 3.63) is 47.5 Å². The van der Waals surface area contributed by atoms with Gasteiger partial charge in [0.25, 0.3) is 11.8 Å². The van der Waals surface area contributed by atoms with E-state index in [1.165, 1.54) is 7.11 Å². The Morgan fingerprint density at radius 2 is 1.30 bits per heavy atom. The van der Waals surface area contributed by atoms with Crippen LogP contribution in [0.15, 0.2) is 36.4 Å². The maximum atomic E-state index is 12.4. The van der Waals surface area contributed by atoms with Crippen molar-refractivity contribution in [3.8, 4) is 23.0 Å². The molecule has 2 rings (SSSR count). The summed E-state index contributed by atoms with van der Waals surface area (Å²) in [7, 11) is 1.49. The molecule has 30 heavy (non-hydrogen) atoms. The third-order valence-corrected chi connectivity index (χ3v) is 3.88. The molecule has 2 amide bonds. The fourth-order valence-corrected chi connectivity index (χ4v) is 2.61. The van der Waals surface area contributed by atoms with Crippen molar-refractivity contribution in [2.75, 3.05) is 20.3 Å². The van der Waals surface area contributed by atoms with Crippen molar-refractivity contribution in [2.24, 2.45) is 0 Å². The lowest BCUT2D eigenvalue weighted by Gasteiger charge is -2.15. The van der Waals surface area contributed by atoms with Gasteiger partial charge in [-0.3, -0.25) is 20.4 Å². The summed E-state index contributed by atoms with van der Waals surface area (Å²) in [5, 5.41) is 0. The molecule has 0 saturated carbocycles. The van der Waals surface area contributed by atoms with Gasteiger partial charge in [-0.2, -0.15) is 0 Å². The summed E-state index contributed by atoms with van der Waals surface area (Å²) in [5.41, 5.74) is 5.42. The van der Waals surface area contributed by atoms with Gasteiger partial charge in [0.05, 0.1) is 26.4 Å². The molecule has 8 heteroatoms. The number of amides is 2. The molecule has 0 bridgehead atoms. The van der Waals surface area contributed by atoms with Crippen LogP contribution in [-0.4, -0.2) is 38.2 Å². The molecule has 2 aromatic carbocycles. The van der Waals surface area contributed by atoms with Gasteiger partial charge in [0, 0.05) is 11.1 Å². The van der Waals surface area contributed by atoms with Crippen molar-refractivity contribution < 1.29 is 28.5 Å². The van der Waals surface area contributed by atoms with Gasteiger partial charge < -0.3 is 18.9 Å². The number of ether oxygens (including phenoxy) is 4. The summed E-state index contributed by atoms with van der Waals surface area (Å²) in [6, 6.07) is 9.60. The summed E-state index contributed by atoms with van der Waals surface area (Å²) >= 11 is 0. The van der Waals surface area contributed by atoms with E-state index in [-0.39, 0.29) is 6.10 Å². The second kappa shape index (κ2) is 10.9. The molecule has 0 radical (unpaired) electrons. The van der Waals surface area contributed by atoms with E-state index in [1.807, 2.05) is 27.7 Å². The number of methoxy groups -OCH3 is 1. The van der Waals surface area contributed by atoms with Gasteiger partial charge in [0.1, 0.15) is 0 Å². The molecular formula is C22H28N2O6. The lowest BCUT2D eigenvalue weighted by molar-refractivity contribution is 0.0846. The number of rotatable bonds is 9. The maximum absolute atomic E-state index is 12.4. The van der Waals surface area contributed by atoms with Crippen LogP contribution >= 0.6 is 0 Å². The highest BCUT2D eigenvalue weighted by Crippen LogP contribution is 2.29. The molecule has 0 aliphatic heterocycles. The SMILES string of the molecule is CCOc1ccc(C(=O)NNC(=O)c2ccc(OC(C)C)c(OC)c2)cc1OCC. The molecule has 0 spiro atoms. The highest BCUT2D eigenvalue weighted by molar-refractivity contribution is 5.99. The largest absolute Gasteiger partial charge is 0.493 e. The fraction of sp³-hybridized carbons (Fsp3) is 0.364. The normalized spacial score (nSPS) is 10.3. The van der Waals surface area contributed by atoms with E-state index in [0.717, 1.165) is 0 Å². The number of nitrogens with one attached hydrogen (secondary N) is 2. The average molecular weight is 416 g/mol. The van der Waals surface area contributed by atoms with Gasteiger partial charge in [-0.25, -0.2) is 0 Å². The van der Waals surface area contributed by atoms with E-state index in [9.17, 15) is 9.59 Å². The van der Waals surface area contributed by atoms with Crippen LogP contribution in [0.3, 0.4) is 0 Å². The Bertz CT molecular complexity index is 882. The lowest BCUT2D eigenvalue weighted by Crippen LogP contribution is -2.41. The first kappa shape index (κ1) is 22.9. The number of hydrogen-bond acceptors (Lipinski definition) is 6. The minimum absolute atomic E-state index is 0.0337. The Kier molecular flexibility index (Phi) is 8.34. The Balaban J connectivity index is 2.07. The average Bonchev–Trinajstić information content (AvgIpc) is 2.73. The van der Waals surface area contributed by atoms with Crippen molar-refractivity contribution in [1.29, 1.82) is 0 Å². The Hall–Kier alpha value is -3.42. The van der Waals surface area contributed by atoms with Crippen molar-refractivity contribution >= 4 is 11.8 Å². The number of benzene rings is 2. The number of carbonyl (C=O) groups is 2. The Morgan fingerprint density at radius 1 is 0.800 bits per heavy atom. The minimum atomic E-state index is -0.492. The topological polar surface area (TPSA) is 95.1 Å². The molecule has 2 N–H and O–H groups in total. The zero-order chi connectivity index (χ0) is 22.1. The molecule has 2 aromatic rings. The van der Waals surface area contributed by atoms with E-state index >= 15 is 0 Å². The third-order valence-electron chi connectivity index (χ3n) is 3.88. The fourth-order valence-electron chi connectivity index (χ4n) is 2.61. The first-order chi connectivity index (χ1) is 14.4. The van der Waals surface area contributed by atoms with Crippen LogP contribution in [-0.2, 0) is 0 Å². The van der Waals surface area contributed by atoms with E-state index in [0.29, 0.717) is 47.3 Å². The molecule has 0 heterocycles. The number of carbonyl (C=O) groups excluding carboxylic acids is 2. The molecular weight excluding hydrogens is 388 g/mol. The molecule has 0 fully saturated rings. The second-order valence-electron chi connectivity index (χ2n) is 6.47. The monoisotopic (exact) mass is 416 g/mol. The first-order valence-electron chi connectivity index (χ1n) is 9.74. The Labute approximate surface area is 176 Å². The van der Waals surface area contributed by atoms with Gasteiger partial charge in [0.2, 0.25) is 0 Å². The second-order valence-corrected chi connectivity index (χ2v) is 6.47. The third kappa shape index (κ3) is 6.04. The highest BCUT2D eigenvalue weighted by Gasteiger charge is 2.15. The van der Waals surface area contributed by atoms with Crippen LogP contribution < -0.4 is 29.8 Å². The van der Waals surface area contributed by atoms with Crippen LogP contribution in [0, 0.1) is 0 Å². The smallest absolute Gasteiger partial charge is 0.269 e. The van der Waals surface area contributed by atoms with Gasteiger partial charge in [-0.05, 0) is 64.1 Å². The van der Waals surface area contributed by atoms with Crippen LogP contribution in [0.25, 0.3) is 0 Å². The van der Waals surface area contributed by atoms with E-state index in [1.54, 1.807) is 36.4 Å². The molecule has 0 aliphatic rings. The minimum Gasteiger partial charge on any atom is -0.493 e. The molecule has 0 saturated heterocycles. The van der Waals surface area contributed by atoms with Gasteiger partial charge >= 0.3 is 0 Å². The summed E-state index contributed by atoms with van der Waals surface area (Å²) in [6.45, 7) is 8.41. The summed E-state index contributed by atoms with van der Waals surface area (Å²) in [5.74, 6) is 0.994. The van der Waals surface area contributed by atoms with E-state index in [4.69, 9.17) is 18.9 Å². The predicted octanol–water partition coefficient (Wildman–Crippen LogP) is 3.35. The van der Waals surface area contributed by atoms with Crippen LogP contribution in [0.1, 0.15) is 48.4 Å². The lowest BCUT2D eigenvalue weighted by atomic mass is 10.2. The Morgan fingerprint density at radius 3 is 1.80 bits per heavy atom. The summed E-state index contributed by atoms with van der Waals surface area (Å²) < 4.78 is 21.9. The predicted molar refractivity (Wildman–Crippen MR) is 112 cm³/mol. The standard InChI is InChI=1S/C22H28N2O6/c1-6-28-17-10-8-16(13-20(17)29-7-2)22(26)24-23-21(25)15-9-11-18(30-14(3)4)19(12-15)27-5/h8-14H,6-7H2,1-5H3,(H,23,25)(H,24,26). The molecule has 8 nitrogen and oxygen atoms in total. The molecule has 162 valence electrons. The van der Waals surface area contributed by atoms with Crippen LogP contribution in [0.4, 0.5) is 0 Å². The van der Waals surface area contributed by atoms with Crippen molar-refractivity contribution in [2.45, 2.75) is 33.8 Å². The van der Waals surface area contributed by atoms with Gasteiger partial charge in [-0.15, -0.1) is 0 Å². The zero-order valence-electron chi connectivity index (χ0n) is 17.9. The summed E-state index contributed by atoms with van der Waals surface area (Å²) in [6.07, 6.45) is -0.0337. The maximum Gasteiger partial charge on any atom is 0.269 e. The highest BCUT2D eigenvalue weighted by atomic mass is 16.5. The van der Waals surface area contributed by atoms with E-state index in [2.05, 4.69) is 10.9 Å². The summed E-state index contributed by atoms with van der Waals surface area (Å²) in [4.78, 5) is 24.9. The molecule has 0 atom stereocenters. The van der Waals surface area contributed by atoms with Crippen LogP contribution in [0.2, 0.25) is 0 Å². The molecule has 0 aliphatic carbocycles. The number of hydrogen-bond donors (Lipinski definition) is 2. The molecule has 0 aromatic heterocycles. The van der Waals surface area contributed by atoms with Gasteiger partial charge in [0.15, 0.2) is 23.0 Å². The van der Waals surface area contributed by atoms with Crippen molar-refractivity contribution in [1.82, 2.24) is 10.9 Å². The van der Waals surface area contributed by atoms with Crippen LogP contribution in [0.5, 0.6) is 23.0 Å². The zero-order valence-corrected chi connectivity index (χ0v) is 17.9. The van der Waals surface area contributed by atoms with E-state index < -0.39 is 11.8 Å².